The summed E-state index contributed by atoms with van der Waals surface area (Å²) in [5.41, 5.74) is 0. The van der Waals surface area contributed by atoms with Gasteiger partial charge in [-0.2, -0.15) is 0 Å². The van der Waals surface area contributed by atoms with Crippen molar-refractivity contribution in [2.45, 2.75) is 445 Å². The fourth-order valence-electron chi connectivity index (χ4n) is 12.5. The van der Waals surface area contributed by atoms with Gasteiger partial charge in [0.25, 0.3) is 0 Å². The summed E-state index contributed by atoms with van der Waals surface area (Å²) >= 11 is 0. The minimum absolute atomic E-state index is 0.106. The molecular weight excluding hydrogens is 1310 g/mol. The Morgan fingerprint density at radius 1 is 0.290 bits per heavy atom. The lowest BCUT2D eigenvalue weighted by molar-refractivity contribution is -0.161. The minimum atomic E-state index is -4.96. The zero-order valence-corrected chi connectivity index (χ0v) is 67.3. The van der Waals surface area contributed by atoms with E-state index in [4.69, 9.17) is 37.0 Å². The predicted molar refractivity (Wildman–Crippen MR) is 409 cm³/mol. The van der Waals surface area contributed by atoms with Crippen LogP contribution in [0.4, 0.5) is 0 Å². The monoisotopic (exact) mass is 1470 g/mol. The summed E-state index contributed by atoms with van der Waals surface area (Å²) in [6.07, 6.45) is 62.3. The molecule has 0 spiro atoms. The van der Waals surface area contributed by atoms with Crippen LogP contribution in [0.3, 0.4) is 0 Å². The normalized spacial score (nSPS) is 14.2. The van der Waals surface area contributed by atoms with Gasteiger partial charge in [0.15, 0.2) is 12.2 Å². The van der Waals surface area contributed by atoms with Gasteiger partial charge in [-0.3, -0.25) is 37.3 Å². The minimum Gasteiger partial charge on any atom is -0.462 e. The van der Waals surface area contributed by atoms with E-state index in [0.29, 0.717) is 25.7 Å². The molecule has 100 heavy (non-hydrogen) atoms. The molecule has 0 aliphatic rings. The number of hydrogen-bond acceptors (Lipinski definition) is 15. The van der Waals surface area contributed by atoms with E-state index in [-0.39, 0.29) is 25.7 Å². The van der Waals surface area contributed by atoms with Crippen LogP contribution >= 0.6 is 15.6 Å². The smallest absolute Gasteiger partial charge is 0.462 e. The number of carbonyl (C=O) groups is 4. The highest BCUT2D eigenvalue weighted by atomic mass is 31.2. The molecule has 594 valence electrons. The van der Waals surface area contributed by atoms with E-state index in [1.54, 1.807) is 0 Å². The van der Waals surface area contributed by atoms with Gasteiger partial charge in [0.1, 0.15) is 19.3 Å². The maximum absolute atomic E-state index is 13.1. The Morgan fingerprint density at radius 2 is 0.510 bits per heavy atom. The third-order valence-electron chi connectivity index (χ3n) is 19.3. The molecule has 0 aromatic heterocycles. The number of hydrogen-bond donors (Lipinski definition) is 3. The molecule has 0 bridgehead atoms. The summed E-state index contributed by atoms with van der Waals surface area (Å²) in [7, 11) is -9.92. The van der Waals surface area contributed by atoms with Gasteiger partial charge < -0.3 is 33.8 Å². The average Bonchev–Trinajstić information content (AvgIpc) is 0.940. The topological polar surface area (TPSA) is 237 Å². The number of phosphoric ester groups is 2. The Balaban J connectivity index is 5.25. The molecule has 0 aliphatic heterocycles. The third kappa shape index (κ3) is 73.0. The second kappa shape index (κ2) is 72.6. The maximum atomic E-state index is 13.1. The van der Waals surface area contributed by atoms with Gasteiger partial charge in [-0.25, -0.2) is 9.13 Å². The number of unbranched alkanes of at least 4 members (excludes halogenated alkanes) is 49. The second-order valence-electron chi connectivity index (χ2n) is 29.9. The van der Waals surface area contributed by atoms with Gasteiger partial charge in [0, 0.05) is 25.7 Å². The van der Waals surface area contributed by atoms with Crippen LogP contribution in [0.5, 0.6) is 0 Å². The largest absolute Gasteiger partial charge is 0.472 e. The fourth-order valence-corrected chi connectivity index (χ4v) is 14.1. The van der Waals surface area contributed by atoms with Crippen molar-refractivity contribution in [3.05, 3.63) is 0 Å². The summed E-state index contributed by atoms with van der Waals surface area (Å²) in [4.78, 5) is 73.0. The van der Waals surface area contributed by atoms with E-state index < -0.39 is 97.5 Å². The van der Waals surface area contributed by atoms with Crippen molar-refractivity contribution < 1.29 is 80.2 Å². The number of ether oxygens (including phenoxy) is 4. The van der Waals surface area contributed by atoms with Crippen molar-refractivity contribution in [1.82, 2.24) is 0 Å². The molecule has 0 heterocycles. The Labute approximate surface area is 613 Å². The van der Waals surface area contributed by atoms with Crippen LogP contribution in [-0.4, -0.2) is 96.7 Å². The zero-order chi connectivity index (χ0) is 73.5. The Morgan fingerprint density at radius 3 is 0.760 bits per heavy atom. The molecule has 0 aromatic carbocycles. The molecule has 3 N–H and O–H groups in total. The number of esters is 4. The van der Waals surface area contributed by atoms with E-state index in [9.17, 15) is 43.2 Å². The van der Waals surface area contributed by atoms with E-state index in [2.05, 4.69) is 41.5 Å². The van der Waals surface area contributed by atoms with Gasteiger partial charge in [-0.15, -0.1) is 0 Å². The molecule has 6 atom stereocenters. The molecule has 3 unspecified atom stereocenters. The molecule has 0 radical (unpaired) electrons. The van der Waals surface area contributed by atoms with Gasteiger partial charge in [-0.1, -0.05) is 375 Å². The average molecular weight is 1470 g/mol. The zero-order valence-electron chi connectivity index (χ0n) is 65.5. The first kappa shape index (κ1) is 98.1. The molecule has 0 saturated heterocycles. The lowest BCUT2D eigenvalue weighted by Gasteiger charge is -2.21. The van der Waals surface area contributed by atoms with E-state index in [1.165, 1.54) is 244 Å². The van der Waals surface area contributed by atoms with Crippen LogP contribution in [0, 0.1) is 11.8 Å². The Bertz CT molecular complexity index is 1930. The Kier molecular flexibility index (Phi) is 71.2. The van der Waals surface area contributed by atoms with Crippen LogP contribution in [0.1, 0.15) is 427 Å². The van der Waals surface area contributed by atoms with Crippen molar-refractivity contribution in [3.63, 3.8) is 0 Å². The van der Waals surface area contributed by atoms with Crippen molar-refractivity contribution in [3.8, 4) is 0 Å². The second-order valence-corrected chi connectivity index (χ2v) is 32.8. The molecule has 0 amide bonds. The number of phosphoric acid groups is 2. The van der Waals surface area contributed by atoms with E-state index >= 15 is 0 Å². The lowest BCUT2D eigenvalue weighted by atomic mass is 9.99. The molecular formula is C81H158O17P2. The van der Waals surface area contributed by atoms with Gasteiger partial charge in [-0.05, 0) is 37.5 Å². The summed E-state index contributed by atoms with van der Waals surface area (Å²) in [5.74, 6) is -0.540. The van der Waals surface area contributed by atoms with Crippen molar-refractivity contribution in [2.75, 3.05) is 39.6 Å². The molecule has 19 heteroatoms. The highest BCUT2D eigenvalue weighted by molar-refractivity contribution is 7.47. The fraction of sp³-hybridized carbons (Fsp3) is 0.951. The molecule has 0 aromatic rings. The standard InChI is InChI=1S/C81H158O17P2/c1-7-10-12-14-16-18-20-22-23-24-25-26-27-32-36-40-47-53-59-65-80(85)97-76(69-91-79(84)64-58-52-46-39-35-31-29-28-30-33-37-43-49-55-61-73(4)5)71-95-99(87,88)93-67-75(82)68-94-100(89,90)96-72-77(98-81(86)66-60-54-48-42-41-44-50-56-62-74(6)9-3)70-92-78(83)63-57-51-45-38-34-21-19-17-15-13-11-8-2/h73-77,82H,7-72H2,1-6H3,(H,87,88)(H,89,90)/t74?,75-,76-,77-/m1/s1. The quantitative estimate of drug-likeness (QED) is 0.0222. The van der Waals surface area contributed by atoms with Crippen LogP contribution in [0.2, 0.25) is 0 Å². The number of aliphatic hydroxyl groups excluding tert-OH is 1. The number of carbonyl (C=O) groups excluding carboxylic acids is 4. The molecule has 17 nitrogen and oxygen atoms in total. The first-order valence-corrected chi connectivity index (χ1v) is 45.0. The maximum Gasteiger partial charge on any atom is 0.472 e. The Hall–Kier alpha value is -1.94. The van der Waals surface area contributed by atoms with Gasteiger partial charge in [0.05, 0.1) is 26.4 Å². The molecule has 0 saturated carbocycles. The summed E-state index contributed by atoms with van der Waals surface area (Å²) < 4.78 is 68.7. The SMILES string of the molecule is CCCCCCCCCCCCCCCCCCCCCC(=O)O[C@H](COC(=O)CCCCCCCCCCCCCCCCC(C)C)COP(=O)(O)OC[C@@H](O)COP(=O)(O)OC[C@@H](COC(=O)CCCCCCCCCCCCCC)OC(=O)CCCCCCCCCCC(C)CC. The van der Waals surface area contributed by atoms with Crippen LogP contribution in [0.25, 0.3) is 0 Å². The lowest BCUT2D eigenvalue weighted by Crippen LogP contribution is -2.30. The molecule has 0 aliphatic carbocycles. The third-order valence-corrected chi connectivity index (χ3v) is 21.2. The van der Waals surface area contributed by atoms with Crippen molar-refractivity contribution in [2.24, 2.45) is 11.8 Å². The summed E-state index contributed by atoms with van der Waals surface area (Å²) in [6.45, 7) is 9.66. The van der Waals surface area contributed by atoms with E-state index in [1.807, 2.05) is 0 Å². The van der Waals surface area contributed by atoms with Crippen LogP contribution < -0.4 is 0 Å². The predicted octanol–water partition coefficient (Wildman–Crippen LogP) is 24.3. The molecule has 0 fully saturated rings. The highest BCUT2D eigenvalue weighted by Gasteiger charge is 2.30. The van der Waals surface area contributed by atoms with E-state index in [0.717, 1.165) is 102 Å². The molecule has 0 rings (SSSR count). The van der Waals surface area contributed by atoms with Crippen molar-refractivity contribution >= 4 is 39.5 Å². The highest BCUT2D eigenvalue weighted by Crippen LogP contribution is 2.45. The van der Waals surface area contributed by atoms with Crippen LogP contribution in [-0.2, 0) is 65.4 Å². The summed E-state index contributed by atoms with van der Waals surface area (Å²) in [5, 5.41) is 10.6. The summed E-state index contributed by atoms with van der Waals surface area (Å²) in [6, 6.07) is 0. The van der Waals surface area contributed by atoms with Crippen LogP contribution in [0.15, 0.2) is 0 Å². The van der Waals surface area contributed by atoms with Gasteiger partial charge >= 0.3 is 39.5 Å². The number of rotatable bonds is 80. The first-order valence-electron chi connectivity index (χ1n) is 42.0. The number of aliphatic hydroxyl groups is 1. The first-order chi connectivity index (χ1) is 48.4. The van der Waals surface area contributed by atoms with Crippen molar-refractivity contribution in [1.29, 1.82) is 0 Å². The van der Waals surface area contributed by atoms with Gasteiger partial charge in [0.2, 0.25) is 0 Å².